The number of H-pyrrole nitrogens is 1. The van der Waals surface area contributed by atoms with Crippen molar-refractivity contribution in [1.82, 2.24) is 10.1 Å². The Morgan fingerprint density at radius 3 is 2.79 bits per heavy atom. The Bertz CT molecular complexity index is 1150. The Kier molecular flexibility index (Phi) is 5.43. The Balaban J connectivity index is 2.03. The molecule has 1 aliphatic heterocycles. The van der Waals surface area contributed by atoms with E-state index in [0.29, 0.717) is 27.1 Å². The van der Waals surface area contributed by atoms with Gasteiger partial charge in [-0.1, -0.05) is 54.6 Å². The molecular weight excluding hydrogens is 408 g/mol. The lowest BCUT2D eigenvalue weighted by Crippen LogP contribution is -2.60. The van der Waals surface area contributed by atoms with Gasteiger partial charge in [-0.2, -0.15) is 0 Å². The minimum Gasteiger partial charge on any atom is -0.291 e. The van der Waals surface area contributed by atoms with Crippen molar-refractivity contribution in [1.29, 1.82) is 0 Å². The van der Waals surface area contributed by atoms with Crippen LogP contribution in [-0.2, 0) is 4.79 Å². The summed E-state index contributed by atoms with van der Waals surface area (Å²) in [6.45, 7) is 3.58. The molecule has 0 aliphatic carbocycles. The van der Waals surface area contributed by atoms with Crippen molar-refractivity contribution in [3.05, 3.63) is 69.5 Å². The predicted molar refractivity (Wildman–Crippen MR) is 114 cm³/mol. The maximum absolute atomic E-state index is 13.1. The lowest BCUT2D eigenvalue weighted by molar-refractivity contribution is -0.763. The molecule has 1 aromatic heterocycles. The van der Waals surface area contributed by atoms with Gasteiger partial charge in [-0.15, -0.1) is 0 Å². The van der Waals surface area contributed by atoms with E-state index >= 15 is 0 Å². The molecule has 0 unspecified atom stereocenters. The largest absolute Gasteiger partial charge is 0.325 e. The van der Waals surface area contributed by atoms with Gasteiger partial charge < -0.3 is 0 Å². The first-order valence-electron chi connectivity index (χ1n) is 9.35. The number of nitrogens with one attached hydrogen (secondary N) is 1. The van der Waals surface area contributed by atoms with Crippen molar-refractivity contribution < 1.29 is 9.48 Å². The number of hydrogen-bond donors (Lipinski definition) is 1. The third-order valence-corrected chi connectivity index (χ3v) is 5.99. The van der Waals surface area contributed by atoms with Gasteiger partial charge in [0.25, 0.3) is 6.17 Å². The van der Waals surface area contributed by atoms with E-state index in [9.17, 15) is 9.59 Å². The molecular formula is C21H20ClN4O2S+. The van der Waals surface area contributed by atoms with Crippen molar-refractivity contribution in [3.63, 3.8) is 0 Å². The molecule has 2 aromatic carbocycles. The molecule has 8 heteroatoms. The monoisotopic (exact) mass is 427 g/mol. The first-order chi connectivity index (χ1) is 14.0. The lowest BCUT2D eigenvalue weighted by Gasteiger charge is -2.31. The zero-order valence-corrected chi connectivity index (χ0v) is 17.6. The van der Waals surface area contributed by atoms with E-state index in [-0.39, 0.29) is 11.5 Å². The number of carbonyl (C=O) groups excluding carboxylic acids is 1. The van der Waals surface area contributed by atoms with E-state index in [4.69, 9.17) is 16.7 Å². The van der Waals surface area contributed by atoms with Crippen molar-refractivity contribution in [2.24, 2.45) is 0 Å². The van der Waals surface area contributed by atoms with Crippen LogP contribution in [0, 0.1) is 0 Å². The molecule has 3 aromatic rings. The highest BCUT2D eigenvalue weighted by Gasteiger charge is 2.44. The lowest BCUT2D eigenvalue weighted by atomic mass is 10.0. The second-order valence-corrected chi connectivity index (χ2v) is 8.26. The van der Waals surface area contributed by atoms with E-state index in [2.05, 4.69) is 11.9 Å². The molecule has 0 spiro atoms. The summed E-state index contributed by atoms with van der Waals surface area (Å²) < 4.78 is 1.65. The first-order valence-corrected chi connectivity index (χ1v) is 10.7. The fourth-order valence-electron chi connectivity index (χ4n) is 3.54. The Hall–Kier alpha value is -2.64. The topological polar surface area (TPSA) is 69.9 Å². The van der Waals surface area contributed by atoms with Crippen LogP contribution in [0.3, 0.4) is 0 Å². The zero-order valence-electron chi connectivity index (χ0n) is 16.1. The van der Waals surface area contributed by atoms with Crippen LogP contribution < -0.4 is 15.1 Å². The molecule has 1 N–H and O–H groups in total. The van der Waals surface area contributed by atoms with Gasteiger partial charge in [-0.3, -0.25) is 14.6 Å². The van der Waals surface area contributed by atoms with Gasteiger partial charge >= 0.3 is 11.3 Å². The number of aromatic amines is 1. The molecule has 1 amide bonds. The summed E-state index contributed by atoms with van der Waals surface area (Å²) in [5.74, 6) is 0.683. The minimum absolute atomic E-state index is 0.148. The molecule has 0 saturated carbocycles. The number of benzene rings is 2. The maximum atomic E-state index is 13.1. The number of nitrogens with zero attached hydrogens (tertiary/aromatic N) is 3. The molecule has 6 nitrogen and oxygen atoms in total. The van der Waals surface area contributed by atoms with Crippen LogP contribution in [0.5, 0.6) is 0 Å². The van der Waals surface area contributed by atoms with Crippen LogP contribution in [0.25, 0.3) is 11.3 Å². The van der Waals surface area contributed by atoms with E-state index in [1.54, 1.807) is 21.7 Å². The van der Waals surface area contributed by atoms with Gasteiger partial charge in [-0.25, -0.2) is 4.90 Å². The summed E-state index contributed by atoms with van der Waals surface area (Å²) in [5.41, 5.74) is 2.30. The summed E-state index contributed by atoms with van der Waals surface area (Å²) in [6.07, 6.45) is 0.343. The molecule has 29 heavy (non-hydrogen) atoms. The molecule has 0 radical (unpaired) electrons. The van der Waals surface area contributed by atoms with Gasteiger partial charge in [-0.05, 0) is 35.4 Å². The summed E-state index contributed by atoms with van der Waals surface area (Å²) in [6, 6.07) is 14.7. The predicted octanol–water partition coefficient (Wildman–Crippen LogP) is 3.79. The standard InChI is InChI=1S/C21H19ClN4O2S/c1-3-11-29-21-23-19(28)18-16-9-4-5-10-17(16)25(13(2)27)20(26(18)24-21)14-7-6-8-15(22)12-14/h4-10,12,20H,3,11H2,1-2H3/p+1/t20-/m0/s1. The Morgan fingerprint density at radius 1 is 1.28 bits per heavy atom. The zero-order chi connectivity index (χ0) is 20.5. The van der Waals surface area contributed by atoms with Gasteiger partial charge in [0, 0.05) is 28.4 Å². The normalized spacial score (nSPS) is 15.0. The average molecular weight is 428 g/mol. The SMILES string of the molecule is CCCSc1n[n+]2c(c(=O)[nH]1)-c1ccccc1N(C(C)=O)[C@@H]2c1cccc(Cl)c1. The number of hydrogen-bond acceptors (Lipinski definition) is 4. The average Bonchev–Trinajstić information content (AvgIpc) is 2.70. The fourth-order valence-corrected chi connectivity index (χ4v) is 4.45. The highest BCUT2D eigenvalue weighted by atomic mass is 35.5. The van der Waals surface area contributed by atoms with Gasteiger partial charge in [0.1, 0.15) is 0 Å². The molecule has 1 aliphatic rings. The van der Waals surface area contributed by atoms with Crippen LogP contribution in [-0.4, -0.2) is 21.7 Å². The number of aromatic nitrogens is 3. The second kappa shape index (κ2) is 8.00. The van der Waals surface area contributed by atoms with Crippen LogP contribution in [0.4, 0.5) is 5.69 Å². The van der Waals surface area contributed by atoms with Crippen LogP contribution in [0.15, 0.2) is 58.5 Å². The highest BCUT2D eigenvalue weighted by Crippen LogP contribution is 2.37. The van der Waals surface area contributed by atoms with Crippen molar-refractivity contribution in [2.75, 3.05) is 10.7 Å². The molecule has 1 atom stereocenters. The van der Waals surface area contributed by atoms with E-state index in [1.165, 1.54) is 18.7 Å². The molecule has 4 rings (SSSR count). The van der Waals surface area contributed by atoms with Crippen LogP contribution in [0.1, 0.15) is 32.0 Å². The summed E-state index contributed by atoms with van der Waals surface area (Å²) in [5, 5.41) is 5.79. The van der Waals surface area contributed by atoms with E-state index in [1.807, 2.05) is 36.4 Å². The van der Waals surface area contributed by atoms with Gasteiger partial charge in [0.15, 0.2) is 0 Å². The molecule has 0 saturated heterocycles. The third kappa shape index (κ3) is 3.56. The first kappa shape index (κ1) is 19.7. The summed E-state index contributed by atoms with van der Waals surface area (Å²) in [4.78, 5) is 30.4. The summed E-state index contributed by atoms with van der Waals surface area (Å²) >= 11 is 7.73. The van der Waals surface area contributed by atoms with Crippen LogP contribution in [0.2, 0.25) is 5.02 Å². The van der Waals surface area contributed by atoms with Crippen molar-refractivity contribution in [2.45, 2.75) is 31.6 Å². The fraction of sp³-hybridized carbons (Fsp3) is 0.238. The number of amides is 1. The Labute approximate surface area is 177 Å². The van der Waals surface area contributed by atoms with Crippen molar-refractivity contribution >= 4 is 35.0 Å². The molecule has 0 bridgehead atoms. The minimum atomic E-state index is -0.612. The third-order valence-electron chi connectivity index (χ3n) is 4.69. The van der Waals surface area contributed by atoms with Gasteiger partial charge in [0.05, 0.1) is 11.3 Å². The smallest absolute Gasteiger partial charge is 0.291 e. The quantitative estimate of drug-likeness (QED) is 0.508. The van der Waals surface area contributed by atoms with Crippen LogP contribution >= 0.6 is 23.4 Å². The highest BCUT2D eigenvalue weighted by molar-refractivity contribution is 7.99. The number of halogens is 1. The van der Waals surface area contributed by atoms with Crippen molar-refractivity contribution in [3.8, 4) is 11.3 Å². The number of para-hydroxylation sites is 1. The number of rotatable bonds is 4. The molecule has 2 heterocycles. The number of thioether (sulfide) groups is 1. The van der Waals surface area contributed by atoms with E-state index < -0.39 is 6.17 Å². The summed E-state index contributed by atoms with van der Waals surface area (Å²) in [7, 11) is 0. The molecule has 148 valence electrons. The van der Waals surface area contributed by atoms with Gasteiger partial charge in [0.2, 0.25) is 11.1 Å². The second-order valence-electron chi connectivity index (χ2n) is 6.74. The number of carbonyl (C=O) groups is 1. The number of fused-ring (bicyclic) bond motifs is 3. The maximum Gasteiger partial charge on any atom is 0.325 e. The number of anilines is 1. The molecule has 0 fully saturated rings. The van der Waals surface area contributed by atoms with E-state index in [0.717, 1.165) is 17.7 Å². The Morgan fingerprint density at radius 2 is 2.07 bits per heavy atom.